The Balaban J connectivity index is 0.000000138. The van der Waals surface area contributed by atoms with Crippen LogP contribution in [0.4, 0.5) is 0 Å². The lowest BCUT2D eigenvalue weighted by Crippen LogP contribution is -2.09. The number of carbonyl (C=O) groups is 2. The molecule has 6 aromatic carbocycles. The molecule has 0 radical (unpaired) electrons. The van der Waals surface area contributed by atoms with Crippen LogP contribution in [0.5, 0.6) is 11.5 Å². The quantitative estimate of drug-likeness (QED) is 0.0876. The van der Waals surface area contributed by atoms with Gasteiger partial charge in [0.2, 0.25) is 0 Å². The van der Waals surface area contributed by atoms with Gasteiger partial charge in [-0.25, -0.2) is 9.59 Å². The standard InChI is InChI=1S/C16H10ClNO4.C16H11NO3.C15H10ClNO2/c17-11-4-2-1-3-9(11)8-5-10-13(19)7-12(16(21)22)18-15(10)14(20)6-8;18-14-9-13(16(19)20)17-15-11(7-4-8-12(14)15)10-5-2-1-3-6-10;16-11-3-1-2-9(6-11)10-7-12-13(18)4-5-17-15(12)14(19)8-10/h1-7,20H,(H,18,19)(H,21,22);1-9H,(H,17,18)(H,19,20);1-8,19H,(H,17,18). The van der Waals surface area contributed by atoms with Crippen molar-refractivity contribution < 1.29 is 30.0 Å². The molecule has 0 bridgehead atoms. The number of hydrogen-bond acceptors (Lipinski definition) is 7. The zero-order valence-electron chi connectivity index (χ0n) is 31.4. The Kier molecular flexibility index (Phi) is 11.8. The van der Waals surface area contributed by atoms with Crippen LogP contribution in [0.15, 0.2) is 160 Å². The van der Waals surface area contributed by atoms with Gasteiger partial charge in [-0.3, -0.25) is 14.4 Å². The van der Waals surface area contributed by atoms with Crippen molar-refractivity contribution in [3.8, 4) is 44.9 Å². The summed E-state index contributed by atoms with van der Waals surface area (Å²) < 4.78 is 0. The number of halogens is 2. The molecule has 7 N–H and O–H groups in total. The number of aromatic hydroxyl groups is 2. The summed E-state index contributed by atoms with van der Waals surface area (Å²) in [6.07, 6.45) is 1.52. The number of carboxylic acids is 2. The van der Waals surface area contributed by atoms with Crippen LogP contribution in [0.3, 0.4) is 0 Å². The number of aromatic carboxylic acids is 2. The van der Waals surface area contributed by atoms with Gasteiger partial charge < -0.3 is 35.4 Å². The molecular formula is C47H31Cl2N3O9. The maximum atomic E-state index is 12.1. The molecule has 0 aliphatic rings. The number of phenols is 2. The van der Waals surface area contributed by atoms with Crippen LogP contribution >= 0.6 is 23.2 Å². The van der Waals surface area contributed by atoms with Crippen LogP contribution in [0.2, 0.25) is 10.0 Å². The molecule has 302 valence electrons. The summed E-state index contributed by atoms with van der Waals surface area (Å²) in [4.78, 5) is 66.2. The molecule has 0 saturated heterocycles. The number of aromatic amines is 3. The maximum Gasteiger partial charge on any atom is 0.352 e. The molecule has 14 heteroatoms. The number of pyridine rings is 3. The molecular weight excluding hydrogens is 821 g/mol. The topological polar surface area (TPSA) is 214 Å². The van der Waals surface area contributed by atoms with Crippen LogP contribution in [0, 0.1) is 0 Å². The average molecular weight is 853 g/mol. The minimum atomic E-state index is -1.27. The van der Waals surface area contributed by atoms with E-state index in [-0.39, 0.29) is 44.6 Å². The number of nitrogens with one attached hydrogen (secondary N) is 3. The van der Waals surface area contributed by atoms with Gasteiger partial charge in [0.15, 0.2) is 16.3 Å². The fourth-order valence-corrected chi connectivity index (χ4v) is 7.08. The number of rotatable bonds is 5. The molecule has 0 aliphatic carbocycles. The number of benzene rings is 6. The minimum Gasteiger partial charge on any atom is -0.506 e. The monoisotopic (exact) mass is 851 g/mol. The third-order valence-corrected chi connectivity index (χ3v) is 10.1. The third kappa shape index (κ3) is 8.91. The zero-order valence-corrected chi connectivity index (χ0v) is 33.0. The van der Waals surface area contributed by atoms with Crippen LogP contribution in [-0.2, 0) is 0 Å². The van der Waals surface area contributed by atoms with E-state index in [1.807, 2.05) is 48.5 Å². The highest BCUT2D eigenvalue weighted by Gasteiger charge is 2.15. The molecule has 12 nitrogen and oxygen atoms in total. The maximum absolute atomic E-state index is 12.1. The van der Waals surface area contributed by atoms with Crippen molar-refractivity contribution in [2.75, 3.05) is 0 Å². The summed E-state index contributed by atoms with van der Waals surface area (Å²) in [6.45, 7) is 0. The van der Waals surface area contributed by atoms with Gasteiger partial charge in [0, 0.05) is 61.7 Å². The Morgan fingerprint density at radius 2 is 1.02 bits per heavy atom. The van der Waals surface area contributed by atoms with Gasteiger partial charge in [0.25, 0.3) is 0 Å². The predicted molar refractivity (Wildman–Crippen MR) is 237 cm³/mol. The SMILES string of the molecule is O=C(O)c1cc(=O)c2cc(-c3ccccc3Cl)cc(O)c2[nH]1.O=C(O)c1cc(=O)c2cccc(-c3ccccc3)c2[nH]1.O=c1cc[nH]c2c(O)cc(-c3cccc(Cl)c3)cc12. The van der Waals surface area contributed by atoms with E-state index < -0.39 is 17.4 Å². The summed E-state index contributed by atoms with van der Waals surface area (Å²) >= 11 is 12.1. The fourth-order valence-electron chi connectivity index (χ4n) is 6.64. The van der Waals surface area contributed by atoms with E-state index in [0.717, 1.165) is 34.4 Å². The van der Waals surface area contributed by atoms with E-state index in [9.17, 15) is 34.2 Å². The van der Waals surface area contributed by atoms with E-state index in [1.54, 1.807) is 66.7 Å². The Bertz CT molecular complexity index is 3340. The first-order valence-electron chi connectivity index (χ1n) is 18.2. The Hall–Kier alpha value is -7.93. The molecule has 0 aliphatic heterocycles. The van der Waals surface area contributed by atoms with E-state index in [4.69, 9.17) is 33.4 Å². The van der Waals surface area contributed by atoms with Crippen molar-refractivity contribution in [1.82, 2.24) is 15.0 Å². The van der Waals surface area contributed by atoms with Gasteiger partial charge in [-0.05, 0) is 70.8 Å². The molecule has 0 spiro atoms. The van der Waals surface area contributed by atoms with Gasteiger partial charge in [0.1, 0.15) is 22.9 Å². The van der Waals surface area contributed by atoms with E-state index >= 15 is 0 Å². The second-order valence-corrected chi connectivity index (χ2v) is 14.3. The van der Waals surface area contributed by atoms with E-state index in [0.29, 0.717) is 43.0 Å². The lowest BCUT2D eigenvalue weighted by Gasteiger charge is -2.08. The zero-order chi connectivity index (χ0) is 43.4. The van der Waals surface area contributed by atoms with Gasteiger partial charge in [0.05, 0.1) is 16.6 Å². The number of aromatic nitrogens is 3. The normalized spacial score (nSPS) is 10.7. The largest absolute Gasteiger partial charge is 0.506 e. The van der Waals surface area contributed by atoms with Crippen molar-refractivity contribution in [1.29, 1.82) is 0 Å². The average Bonchev–Trinajstić information content (AvgIpc) is 3.25. The Labute approximate surface area is 354 Å². The van der Waals surface area contributed by atoms with Gasteiger partial charge in [-0.15, -0.1) is 0 Å². The second-order valence-electron chi connectivity index (χ2n) is 13.5. The summed E-state index contributed by atoms with van der Waals surface area (Å²) in [7, 11) is 0. The van der Waals surface area contributed by atoms with Crippen LogP contribution in [0.25, 0.3) is 66.1 Å². The number of hydrogen-bond donors (Lipinski definition) is 7. The molecule has 9 aromatic rings. The van der Waals surface area contributed by atoms with Crippen LogP contribution in [-0.4, -0.2) is 47.3 Å². The molecule has 3 aromatic heterocycles. The molecule has 3 heterocycles. The first-order valence-corrected chi connectivity index (χ1v) is 19.0. The summed E-state index contributed by atoms with van der Waals surface area (Å²) in [5, 5.41) is 40.4. The number of H-pyrrole nitrogens is 3. The molecule has 0 atom stereocenters. The van der Waals surface area contributed by atoms with Crippen molar-refractivity contribution >= 4 is 67.8 Å². The Morgan fingerprint density at radius 3 is 1.70 bits per heavy atom. The molecule has 0 unspecified atom stereocenters. The van der Waals surface area contributed by atoms with E-state index in [1.165, 1.54) is 18.3 Å². The molecule has 0 saturated carbocycles. The van der Waals surface area contributed by atoms with Crippen LogP contribution < -0.4 is 16.3 Å². The van der Waals surface area contributed by atoms with Crippen LogP contribution in [0.1, 0.15) is 21.0 Å². The lowest BCUT2D eigenvalue weighted by molar-refractivity contribution is 0.0680. The van der Waals surface area contributed by atoms with Crippen molar-refractivity contribution in [2.24, 2.45) is 0 Å². The van der Waals surface area contributed by atoms with Gasteiger partial charge in [-0.2, -0.15) is 0 Å². The molecule has 9 rings (SSSR count). The predicted octanol–water partition coefficient (Wildman–Crippen LogP) is 9.70. The number of fused-ring (bicyclic) bond motifs is 3. The number of carboxylic acid groups (broad SMARTS) is 2. The fraction of sp³-hybridized carbons (Fsp3) is 0. The first kappa shape index (κ1) is 41.2. The van der Waals surface area contributed by atoms with E-state index in [2.05, 4.69) is 15.0 Å². The molecule has 0 fully saturated rings. The number of para-hydroxylation sites is 1. The highest BCUT2D eigenvalue weighted by Crippen LogP contribution is 2.34. The van der Waals surface area contributed by atoms with Crippen molar-refractivity contribution in [3.05, 3.63) is 198 Å². The molecule has 61 heavy (non-hydrogen) atoms. The summed E-state index contributed by atoms with van der Waals surface area (Å²) in [5.41, 5.74) is 4.35. The Morgan fingerprint density at radius 1 is 0.459 bits per heavy atom. The first-order chi connectivity index (χ1) is 29.3. The lowest BCUT2D eigenvalue weighted by atomic mass is 10.0. The smallest absolute Gasteiger partial charge is 0.352 e. The summed E-state index contributed by atoms with van der Waals surface area (Å²) in [6, 6.07) is 39.1. The highest BCUT2D eigenvalue weighted by molar-refractivity contribution is 6.33. The highest BCUT2D eigenvalue weighted by atomic mass is 35.5. The van der Waals surface area contributed by atoms with Gasteiger partial charge >= 0.3 is 11.9 Å². The molecule has 0 amide bonds. The second kappa shape index (κ2) is 17.5. The van der Waals surface area contributed by atoms with Crippen molar-refractivity contribution in [2.45, 2.75) is 0 Å². The minimum absolute atomic E-state index is 0.0465. The third-order valence-electron chi connectivity index (χ3n) is 9.52. The number of phenolic OH excluding ortho intramolecular Hbond substituents is 2. The van der Waals surface area contributed by atoms with Gasteiger partial charge in [-0.1, -0.05) is 96.0 Å². The summed E-state index contributed by atoms with van der Waals surface area (Å²) in [5.74, 6) is -2.58. The van der Waals surface area contributed by atoms with Crippen molar-refractivity contribution in [3.63, 3.8) is 0 Å².